The molecule has 1 atom stereocenters. The summed E-state index contributed by atoms with van der Waals surface area (Å²) in [7, 11) is 0. The normalized spacial score (nSPS) is 17.6. The molecule has 0 spiro atoms. The number of nitrogens with zero attached hydrogens (tertiary/aromatic N) is 2. The highest BCUT2D eigenvalue weighted by Crippen LogP contribution is 2.32. The van der Waals surface area contributed by atoms with Gasteiger partial charge in [-0.2, -0.15) is 0 Å². The van der Waals surface area contributed by atoms with Gasteiger partial charge in [0.15, 0.2) is 0 Å². The van der Waals surface area contributed by atoms with Crippen LogP contribution < -0.4 is 4.90 Å². The zero-order valence-corrected chi connectivity index (χ0v) is 13.5. The first-order chi connectivity index (χ1) is 9.77. The smallest absolute Gasteiger partial charge is 0.316 e. The fraction of sp³-hybridized carbons (Fsp3) is 0.529. The van der Waals surface area contributed by atoms with Crippen molar-refractivity contribution < 1.29 is 9.59 Å². The summed E-state index contributed by atoms with van der Waals surface area (Å²) in [6.07, 6.45) is 0.802. The molecule has 1 unspecified atom stereocenters. The fourth-order valence-corrected chi connectivity index (χ4v) is 3.02. The van der Waals surface area contributed by atoms with Gasteiger partial charge in [-0.15, -0.1) is 0 Å². The number of fused-ring (bicyclic) bond motifs is 1. The second kappa shape index (κ2) is 5.51. The van der Waals surface area contributed by atoms with E-state index in [1.807, 2.05) is 58.9 Å². The van der Waals surface area contributed by atoms with E-state index in [1.165, 1.54) is 0 Å². The van der Waals surface area contributed by atoms with E-state index in [4.69, 9.17) is 0 Å². The molecule has 21 heavy (non-hydrogen) atoms. The lowest BCUT2D eigenvalue weighted by Crippen LogP contribution is -2.53. The molecule has 4 nitrogen and oxygen atoms in total. The molecule has 0 fully saturated rings. The molecule has 1 aromatic carbocycles. The van der Waals surface area contributed by atoms with E-state index in [1.54, 1.807) is 9.80 Å². The summed E-state index contributed by atoms with van der Waals surface area (Å²) in [4.78, 5) is 28.6. The number of benzene rings is 1. The van der Waals surface area contributed by atoms with Crippen LogP contribution in [0.4, 0.5) is 5.69 Å². The zero-order valence-electron chi connectivity index (χ0n) is 13.5. The third-order valence-corrected chi connectivity index (χ3v) is 3.98. The Morgan fingerprint density at radius 3 is 2.48 bits per heavy atom. The molecule has 0 saturated carbocycles. The van der Waals surface area contributed by atoms with Crippen LogP contribution in [0.1, 0.15) is 40.2 Å². The van der Waals surface area contributed by atoms with Crippen molar-refractivity contribution in [2.75, 3.05) is 11.4 Å². The Morgan fingerprint density at radius 2 is 1.90 bits per heavy atom. The van der Waals surface area contributed by atoms with Crippen molar-refractivity contribution in [1.82, 2.24) is 4.90 Å². The molecule has 0 aromatic heterocycles. The van der Waals surface area contributed by atoms with Gasteiger partial charge in [0.05, 0.1) is 0 Å². The van der Waals surface area contributed by atoms with Crippen LogP contribution in [0, 0.1) is 0 Å². The number of para-hydroxylation sites is 1. The molecule has 1 heterocycles. The Bertz CT molecular complexity index is 560. The average molecular weight is 288 g/mol. The Morgan fingerprint density at radius 1 is 1.29 bits per heavy atom. The number of anilines is 1. The summed E-state index contributed by atoms with van der Waals surface area (Å²) in [6.45, 7) is 10.3. The molecular weight excluding hydrogens is 264 g/mol. The number of likely N-dealkylation sites (N-methyl/N-ethyl adjacent to an activating group) is 1. The van der Waals surface area contributed by atoms with E-state index < -0.39 is 11.8 Å². The molecule has 114 valence electrons. The van der Waals surface area contributed by atoms with Crippen molar-refractivity contribution in [3.63, 3.8) is 0 Å². The van der Waals surface area contributed by atoms with Gasteiger partial charge in [-0.1, -0.05) is 18.2 Å². The fourth-order valence-electron chi connectivity index (χ4n) is 3.02. The molecule has 1 aromatic rings. The second-order valence-corrected chi connectivity index (χ2v) is 6.58. The maximum Gasteiger partial charge on any atom is 0.316 e. The highest BCUT2D eigenvalue weighted by atomic mass is 16.2. The number of hydrogen-bond acceptors (Lipinski definition) is 2. The van der Waals surface area contributed by atoms with E-state index in [2.05, 4.69) is 0 Å². The molecule has 2 amide bonds. The number of amides is 2. The van der Waals surface area contributed by atoms with Crippen molar-refractivity contribution in [2.45, 2.75) is 52.6 Å². The van der Waals surface area contributed by atoms with Gasteiger partial charge in [-0.25, -0.2) is 0 Å². The summed E-state index contributed by atoms with van der Waals surface area (Å²) in [5.74, 6) is -0.849. The van der Waals surface area contributed by atoms with E-state index in [0.717, 1.165) is 17.7 Å². The van der Waals surface area contributed by atoms with E-state index in [0.29, 0.717) is 6.54 Å². The van der Waals surface area contributed by atoms with Gasteiger partial charge in [-0.3, -0.25) is 9.59 Å². The molecular formula is C17H24N2O2. The molecule has 0 bridgehead atoms. The lowest BCUT2D eigenvalue weighted by atomic mass is 10.1. The maximum absolute atomic E-state index is 12.7. The highest BCUT2D eigenvalue weighted by Gasteiger charge is 2.38. The predicted octanol–water partition coefficient (Wildman–Crippen LogP) is 2.61. The minimum absolute atomic E-state index is 0.0255. The molecule has 2 rings (SSSR count). The first kappa shape index (κ1) is 15.5. The quantitative estimate of drug-likeness (QED) is 0.745. The summed E-state index contributed by atoms with van der Waals surface area (Å²) < 4.78 is 0. The standard InChI is InChI=1S/C17H24N2O2/c1-6-18(17(3,4)5)15(20)16(21)19-12(2)11-13-9-7-8-10-14(13)19/h7-10,12H,6,11H2,1-5H3. The van der Waals surface area contributed by atoms with Gasteiger partial charge in [0.2, 0.25) is 0 Å². The molecule has 0 aliphatic carbocycles. The predicted molar refractivity (Wildman–Crippen MR) is 84.2 cm³/mol. The van der Waals surface area contributed by atoms with Gasteiger partial charge in [0.25, 0.3) is 0 Å². The van der Waals surface area contributed by atoms with Crippen molar-refractivity contribution >= 4 is 17.5 Å². The Labute approximate surface area is 126 Å². The third-order valence-electron chi connectivity index (χ3n) is 3.98. The van der Waals surface area contributed by atoms with Crippen LogP contribution in [0.3, 0.4) is 0 Å². The van der Waals surface area contributed by atoms with E-state index in [9.17, 15) is 9.59 Å². The summed E-state index contributed by atoms with van der Waals surface area (Å²) in [5.41, 5.74) is 1.64. The van der Waals surface area contributed by atoms with Crippen molar-refractivity contribution in [3.05, 3.63) is 29.8 Å². The van der Waals surface area contributed by atoms with Crippen LogP contribution in [0.2, 0.25) is 0 Å². The molecule has 0 saturated heterocycles. The summed E-state index contributed by atoms with van der Waals surface area (Å²) in [6, 6.07) is 7.83. The van der Waals surface area contributed by atoms with Crippen LogP contribution in [-0.2, 0) is 16.0 Å². The van der Waals surface area contributed by atoms with E-state index in [-0.39, 0.29) is 11.6 Å². The monoisotopic (exact) mass is 288 g/mol. The maximum atomic E-state index is 12.7. The molecule has 4 heteroatoms. The second-order valence-electron chi connectivity index (χ2n) is 6.58. The largest absolute Gasteiger partial charge is 0.330 e. The van der Waals surface area contributed by atoms with Gasteiger partial charge in [-0.05, 0) is 52.7 Å². The van der Waals surface area contributed by atoms with E-state index >= 15 is 0 Å². The van der Waals surface area contributed by atoms with Crippen LogP contribution >= 0.6 is 0 Å². The van der Waals surface area contributed by atoms with Crippen LogP contribution in [0.5, 0.6) is 0 Å². The Hall–Kier alpha value is -1.84. The number of carbonyl (C=O) groups excluding carboxylic acids is 2. The summed E-state index contributed by atoms with van der Waals surface area (Å²) >= 11 is 0. The lowest BCUT2D eigenvalue weighted by molar-refractivity contribution is -0.147. The Kier molecular flexibility index (Phi) is 4.08. The average Bonchev–Trinajstić information content (AvgIpc) is 2.72. The van der Waals surface area contributed by atoms with Crippen LogP contribution in [-0.4, -0.2) is 34.8 Å². The molecule has 1 aliphatic rings. The number of rotatable bonds is 1. The van der Waals surface area contributed by atoms with Gasteiger partial charge in [0, 0.05) is 23.8 Å². The first-order valence-corrected chi connectivity index (χ1v) is 7.50. The lowest BCUT2D eigenvalue weighted by Gasteiger charge is -2.35. The molecule has 0 N–H and O–H groups in total. The van der Waals surface area contributed by atoms with Crippen LogP contribution in [0.25, 0.3) is 0 Å². The minimum atomic E-state index is -0.427. The molecule has 0 radical (unpaired) electrons. The van der Waals surface area contributed by atoms with Crippen LogP contribution in [0.15, 0.2) is 24.3 Å². The highest BCUT2D eigenvalue weighted by molar-refractivity contribution is 6.40. The number of hydrogen-bond donors (Lipinski definition) is 0. The first-order valence-electron chi connectivity index (χ1n) is 7.50. The third kappa shape index (κ3) is 2.80. The van der Waals surface area contributed by atoms with Gasteiger partial charge in [0.1, 0.15) is 0 Å². The summed E-state index contributed by atoms with van der Waals surface area (Å²) in [5, 5.41) is 0. The van der Waals surface area contributed by atoms with Crippen molar-refractivity contribution in [3.8, 4) is 0 Å². The van der Waals surface area contributed by atoms with Crippen molar-refractivity contribution in [1.29, 1.82) is 0 Å². The number of carbonyl (C=O) groups is 2. The molecule has 1 aliphatic heterocycles. The van der Waals surface area contributed by atoms with Gasteiger partial charge >= 0.3 is 11.8 Å². The minimum Gasteiger partial charge on any atom is -0.330 e. The topological polar surface area (TPSA) is 40.6 Å². The SMILES string of the molecule is CCN(C(=O)C(=O)N1c2ccccc2CC1C)C(C)(C)C. The zero-order chi connectivity index (χ0) is 15.8. The Balaban J connectivity index is 2.30. The van der Waals surface area contributed by atoms with Crippen molar-refractivity contribution in [2.24, 2.45) is 0 Å². The van der Waals surface area contributed by atoms with Gasteiger partial charge < -0.3 is 9.80 Å².